The van der Waals surface area contributed by atoms with Gasteiger partial charge in [0.25, 0.3) is 5.91 Å². The van der Waals surface area contributed by atoms with Gasteiger partial charge in [0.05, 0.1) is 13.2 Å². The first-order chi connectivity index (χ1) is 12.0. The van der Waals surface area contributed by atoms with Gasteiger partial charge in [-0.3, -0.25) is 14.8 Å². The molecule has 0 saturated carbocycles. The molecule has 3 rings (SSSR count). The largest absolute Gasteiger partial charge is 0.379 e. The molecule has 2 atom stereocenters. The summed E-state index contributed by atoms with van der Waals surface area (Å²) in [5.74, 6) is 1.34. The van der Waals surface area contributed by atoms with Crippen LogP contribution in [0.25, 0.3) is 11.4 Å². The minimum atomic E-state index is -0.0644. The van der Waals surface area contributed by atoms with Crippen molar-refractivity contribution in [3.8, 4) is 11.4 Å². The number of nitrogens with zero attached hydrogens (tertiary/aromatic N) is 3. The van der Waals surface area contributed by atoms with Crippen molar-refractivity contribution in [2.45, 2.75) is 32.9 Å². The van der Waals surface area contributed by atoms with E-state index in [1.807, 2.05) is 19.1 Å². The molecular formula is C18H25N5O2. The zero-order valence-electron chi connectivity index (χ0n) is 15.0. The van der Waals surface area contributed by atoms with Crippen molar-refractivity contribution in [2.75, 3.05) is 26.3 Å². The number of aromatic nitrogens is 3. The molecular weight excluding hydrogens is 318 g/mol. The second-order valence-electron chi connectivity index (χ2n) is 6.54. The zero-order chi connectivity index (χ0) is 17.8. The number of benzene rings is 1. The third kappa shape index (κ3) is 4.24. The van der Waals surface area contributed by atoms with Gasteiger partial charge in [-0.05, 0) is 32.9 Å². The fourth-order valence-electron chi connectivity index (χ4n) is 3.10. The molecule has 1 aliphatic rings. The Morgan fingerprint density at radius 3 is 2.84 bits per heavy atom. The number of aryl methyl sites for hydroxylation is 1. The standard InChI is InChI=1S/C18H25N5O2/c1-12(23-8-9-25-11-13(23)2)10-19-18(24)16-6-4-15(5-7-16)17-20-14(3)21-22-17/h4-7,12-13H,8-11H2,1-3H3,(H,19,24)(H,20,21,22)/t12-,13-/m0/s1. The first kappa shape index (κ1) is 17.6. The van der Waals surface area contributed by atoms with Gasteiger partial charge in [-0.1, -0.05) is 12.1 Å². The van der Waals surface area contributed by atoms with Gasteiger partial charge in [0.1, 0.15) is 5.82 Å². The average Bonchev–Trinajstić information content (AvgIpc) is 3.06. The van der Waals surface area contributed by atoms with E-state index >= 15 is 0 Å². The molecule has 0 bridgehead atoms. The third-order valence-corrected chi connectivity index (χ3v) is 4.55. The predicted molar refractivity (Wildman–Crippen MR) is 95.3 cm³/mol. The summed E-state index contributed by atoms with van der Waals surface area (Å²) in [4.78, 5) is 19.0. The van der Waals surface area contributed by atoms with Crippen LogP contribution in [0.4, 0.5) is 0 Å². The summed E-state index contributed by atoms with van der Waals surface area (Å²) in [6.45, 7) is 9.17. The van der Waals surface area contributed by atoms with Gasteiger partial charge in [-0.25, -0.2) is 4.98 Å². The summed E-state index contributed by atoms with van der Waals surface area (Å²) in [6, 6.07) is 8.00. The number of amides is 1. The van der Waals surface area contributed by atoms with Gasteiger partial charge in [0, 0.05) is 36.3 Å². The number of rotatable bonds is 5. The number of H-pyrrole nitrogens is 1. The topological polar surface area (TPSA) is 83.1 Å². The molecule has 7 nitrogen and oxygen atoms in total. The molecule has 0 spiro atoms. The molecule has 134 valence electrons. The van der Waals surface area contributed by atoms with Crippen molar-refractivity contribution in [1.82, 2.24) is 25.4 Å². The number of ether oxygens (including phenoxy) is 1. The number of carbonyl (C=O) groups is 1. The lowest BCUT2D eigenvalue weighted by molar-refractivity contribution is -0.0178. The Bertz CT molecular complexity index is 713. The van der Waals surface area contributed by atoms with E-state index in [1.165, 1.54) is 0 Å². The van der Waals surface area contributed by atoms with E-state index in [-0.39, 0.29) is 11.9 Å². The summed E-state index contributed by atoms with van der Waals surface area (Å²) < 4.78 is 5.46. The number of carbonyl (C=O) groups excluding carboxylic acids is 1. The van der Waals surface area contributed by atoms with Gasteiger partial charge >= 0.3 is 0 Å². The van der Waals surface area contributed by atoms with E-state index in [9.17, 15) is 4.79 Å². The van der Waals surface area contributed by atoms with Crippen LogP contribution >= 0.6 is 0 Å². The molecule has 2 N–H and O–H groups in total. The van der Waals surface area contributed by atoms with Crippen molar-refractivity contribution >= 4 is 5.91 Å². The van der Waals surface area contributed by atoms with E-state index in [0.29, 0.717) is 24.0 Å². The van der Waals surface area contributed by atoms with Crippen LogP contribution in [0, 0.1) is 6.92 Å². The highest BCUT2D eigenvalue weighted by Crippen LogP contribution is 2.15. The SMILES string of the molecule is Cc1nc(-c2ccc(C(=O)NC[C@H](C)N3CCOC[C@@H]3C)cc2)n[nH]1. The van der Waals surface area contributed by atoms with Crippen molar-refractivity contribution in [3.63, 3.8) is 0 Å². The summed E-state index contributed by atoms with van der Waals surface area (Å²) >= 11 is 0. The molecule has 7 heteroatoms. The number of morpholine rings is 1. The third-order valence-electron chi connectivity index (χ3n) is 4.55. The lowest BCUT2D eigenvalue weighted by Crippen LogP contribution is -2.51. The maximum absolute atomic E-state index is 12.4. The first-order valence-electron chi connectivity index (χ1n) is 8.65. The van der Waals surface area contributed by atoms with Gasteiger partial charge in [0.15, 0.2) is 5.82 Å². The maximum atomic E-state index is 12.4. The second kappa shape index (κ2) is 7.76. The van der Waals surface area contributed by atoms with Crippen molar-refractivity contribution in [3.05, 3.63) is 35.7 Å². The van der Waals surface area contributed by atoms with E-state index in [0.717, 1.165) is 31.1 Å². The molecule has 1 aromatic heterocycles. The summed E-state index contributed by atoms with van der Waals surface area (Å²) in [5, 5.41) is 9.97. The number of nitrogens with one attached hydrogen (secondary N) is 2. The minimum absolute atomic E-state index is 0.0644. The number of hydrogen-bond donors (Lipinski definition) is 2. The predicted octanol–water partition coefficient (Wildman–Crippen LogP) is 1.62. The molecule has 1 saturated heterocycles. The van der Waals surface area contributed by atoms with Crippen LogP contribution < -0.4 is 5.32 Å². The molecule has 1 fully saturated rings. The van der Waals surface area contributed by atoms with Crippen LogP contribution in [0.3, 0.4) is 0 Å². The van der Waals surface area contributed by atoms with Crippen LogP contribution in [0.5, 0.6) is 0 Å². The first-order valence-corrected chi connectivity index (χ1v) is 8.65. The highest BCUT2D eigenvalue weighted by molar-refractivity contribution is 5.94. The van der Waals surface area contributed by atoms with Crippen LogP contribution in [0.1, 0.15) is 30.0 Å². The number of aromatic amines is 1. The van der Waals surface area contributed by atoms with E-state index in [2.05, 4.69) is 39.2 Å². The van der Waals surface area contributed by atoms with Crippen LogP contribution in [0.2, 0.25) is 0 Å². The fraction of sp³-hybridized carbons (Fsp3) is 0.500. The van der Waals surface area contributed by atoms with Crippen LogP contribution in [0.15, 0.2) is 24.3 Å². The highest BCUT2D eigenvalue weighted by Gasteiger charge is 2.23. The Morgan fingerprint density at radius 2 is 2.20 bits per heavy atom. The molecule has 2 aromatic rings. The lowest BCUT2D eigenvalue weighted by Gasteiger charge is -2.37. The zero-order valence-corrected chi connectivity index (χ0v) is 15.0. The van der Waals surface area contributed by atoms with Crippen molar-refractivity contribution in [1.29, 1.82) is 0 Å². The normalized spacial score (nSPS) is 19.6. The molecule has 2 heterocycles. The molecule has 1 amide bonds. The molecule has 1 aliphatic heterocycles. The lowest BCUT2D eigenvalue weighted by atomic mass is 10.1. The Kier molecular flexibility index (Phi) is 5.45. The van der Waals surface area contributed by atoms with Gasteiger partial charge in [-0.2, -0.15) is 5.10 Å². The Balaban J connectivity index is 1.56. The maximum Gasteiger partial charge on any atom is 0.251 e. The summed E-state index contributed by atoms with van der Waals surface area (Å²) in [7, 11) is 0. The minimum Gasteiger partial charge on any atom is -0.379 e. The van der Waals surface area contributed by atoms with E-state index in [4.69, 9.17) is 4.74 Å². The molecule has 0 radical (unpaired) electrons. The Hall–Kier alpha value is -2.25. The summed E-state index contributed by atoms with van der Waals surface area (Å²) in [6.07, 6.45) is 0. The number of hydrogen-bond acceptors (Lipinski definition) is 5. The Labute approximate surface area is 147 Å². The summed E-state index contributed by atoms with van der Waals surface area (Å²) in [5.41, 5.74) is 1.52. The van der Waals surface area contributed by atoms with Gasteiger partial charge < -0.3 is 10.1 Å². The van der Waals surface area contributed by atoms with Crippen LogP contribution in [-0.4, -0.2) is 64.4 Å². The molecule has 25 heavy (non-hydrogen) atoms. The molecule has 0 unspecified atom stereocenters. The highest BCUT2D eigenvalue weighted by atomic mass is 16.5. The van der Waals surface area contributed by atoms with E-state index in [1.54, 1.807) is 12.1 Å². The smallest absolute Gasteiger partial charge is 0.251 e. The Morgan fingerprint density at radius 1 is 1.44 bits per heavy atom. The van der Waals surface area contributed by atoms with Crippen LogP contribution in [-0.2, 0) is 4.74 Å². The molecule has 0 aliphatic carbocycles. The van der Waals surface area contributed by atoms with Gasteiger partial charge in [-0.15, -0.1) is 0 Å². The quantitative estimate of drug-likeness (QED) is 0.862. The van der Waals surface area contributed by atoms with E-state index < -0.39 is 0 Å². The fourth-order valence-corrected chi connectivity index (χ4v) is 3.10. The average molecular weight is 343 g/mol. The van der Waals surface area contributed by atoms with Crippen molar-refractivity contribution < 1.29 is 9.53 Å². The molecule has 1 aromatic carbocycles. The van der Waals surface area contributed by atoms with Gasteiger partial charge in [0.2, 0.25) is 0 Å². The monoisotopic (exact) mass is 343 g/mol. The van der Waals surface area contributed by atoms with Crippen molar-refractivity contribution in [2.24, 2.45) is 0 Å². The second-order valence-corrected chi connectivity index (χ2v) is 6.54.